The van der Waals surface area contributed by atoms with Crippen molar-refractivity contribution in [1.29, 1.82) is 0 Å². The van der Waals surface area contributed by atoms with Gasteiger partial charge in [0.2, 0.25) is 0 Å². The van der Waals surface area contributed by atoms with Crippen molar-refractivity contribution in [2.24, 2.45) is 7.05 Å². The fraction of sp³-hybridized carbons (Fsp3) is 0.789. The standard InChI is InChI=1S/C19H32N4O2/c1-15(2)17-12-18(21(3)20-17)19(24)23-10-7-11-25-16(14-23)13-22-8-5-4-6-9-22/h12,15-16H,4-11,13-14H2,1-3H3/t16-/m1/s1. The van der Waals surface area contributed by atoms with Crippen LogP contribution < -0.4 is 0 Å². The summed E-state index contributed by atoms with van der Waals surface area (Å²) in [4.78, 5) is 17.5. The summed E-state index contributed by atoms with van der Waals surface area (Å²) in [5.74, 6) is 0.406. The summed E-state index contributed by atoms with van der Waals surface area (Å²) in [5, 5.41) is 4.49. The monoisotopic (exact) mass is 348 g/mol. The first-order valence-corrected chi connectivity index (χ1v) is 9.71. The van der Waals surface area contributed by atoms with Crippen LogP contribution >= 0.6 is 0 Å². The van der Waals surface area contributed by atoms with Gasteiger partial charge in [-0.1, -0.05) is 20.3 Å². The van der Waals surface area contributed by atoms with Crippen LogP contribution in [0.5, 0.6) is 0 Å². The predicted molar refractivity (Wildman–Crippen MR) is 97.8 cm³/mol. The van der Waals surface area contributed by atoms with E-state index < -0.39 is 0 Å². The SMILES string of the molecule is CC(C)c1cc(C(=O)N2CCCO[C@H](CN3CCCCC3)C2)n(C)n1. The van der Waals surface area contributed by atoms with Gasteiger partial charge in [0.1, 0.15) is 5.69 Å². The van der Waals surface area contributed by atoms with Gasteiger partial charge in [-0.05, 0) is 44.3 Å². The van der Waals surface area contributed by atoms with Crippen LogP contribution in [0.15, 0.2) is 6.07 Å². The second-order valence-corrected chi connectivity index (χ2v) is 7.69. The van der Waals surface area contributed by atoms with Crippen LogP contribution in [0.3, 0.4) is 0 Å². The number of hydrogen-bond donors (Lipinski definition) is 0. The zero-order chi connectivity index (χ0) is 17.8. The lowest BCUT2D eigenvalue weighted by molar-refractivity contribution is 0.0214. The van der Waals surface area contributed by atoms with Crippen molar-refractivity contribution in [1.82, 2.24) is 19.6 Å². The molecule has 0 bridgehead atoms. The Labute approximate surface area is 151 Å². The molecule has 3 rings (SSSR count). The van der Waals surface area contributed by atoms with E-state index in [1.807, 2.05) is 18.0 Å². The maximum Gasteiger partial charge on any atom is 0.272 e. The summed E-state index contributed by atoms with van der Waals surface area (Å²) in [6.45, 7) is 9.64. The van der Waals surface area contributed by atoms with E-state index in [2.05, 4.69) is 23.8 Å². The quantitative estimate of drug-likeness (QED) is 0.837. The summed E-state index contributed by atoms with van der Waals surface area (Å²) in [6.07, 6.45) is 4.91. The molecule has 0 radical (unpaired) electrons. The highest BCUT2D eigenvalue weighted by Gasteiger charge is 2.27. The Morgan fingerprint density at radius 2 is 2.00 bits per heavy atom. The molecular formula is C19H32N4O2. The van der Waals surface area contributed by atoms with E-state index in [0.29, 0.717) is 18.2 Å². The lowest BCUT2D eigenvalue weighted by Crippen LogP contribution is -2.44. The highest BCUT2D eigenvalue weighted by molar-refractivity contribution is 5.92. The maximum absolute atomic E-state index is 13.0. The van der Waals surface area contributed by atoms with E-state index in [0.717, 1.165) is 44.9 Å². The minimum absolute atomic E-state index is 0.0797. The van der Waals surface area contributed by atoms with Gasteiger partial charge in [-0.25, -0.2) is 0 Å². The fourth-order valence-electron chi connectivity index (χ4n) is 3.75. The highest BCUT2D eigenvalue weighted by Crippen LogP contribution is 2.18. The molecule has 0 unspecified atom stereocenters. The molecule has 25 heavy (non-hydrogen) atoms. The number of hydrogen-bond acceptors (Lipinski definition) is 4. The van der Waals surface area contributed by atoms with Gasteiger partial charge in [-0.3, -0.25) is 9.48 Å². The van der Waals surface area contributed by atoms with Crippen LogP contribution in [0.25, 0.3) is 0 Å². The Bertz CT molecular complexity index is 578. The maximum atomic E-state index is 13.0. The highest BCUT2D eigenvalue weighted by atomic mass is 16.5. The molecule has 0 aromatic carbocycles. The largest absolute Gasteiger partial charge is 0.375 e. The molecule has 2 aliphatic heterocycles. The average Bonchev–Trinajstić information content (AvgIpc) is 2.84. The minimum Gasteiger partial charge on any atom is -0.375 e. The molecule has 2 saturated heterocycles. The van der Waals surface area contributed by atoms with Crippen LogP contribution in [0.4, 0.5) is 0 Å². The Morgan fingerprint density at radius 1 is 1.24 bits per heavy atom. The molecule has 2 fully saturated rings. The minimum atomic E-state index is 0.0797. The molecule has 3 heterocycles. The molecule has 0 N–H and O–H groups in total. The van der Waals surface area contributed by atoms with Crippen LogP contribution in [0.1, 0.15) is 61.6 Å². The first-order chi connectivity index (χ1) is 12.0. The third-order valence-electron chi connectivity index (χ3n) is 5.26. The smallest absolute Gasteiger partial charge is 0.272 e. The van der Waals surface area contributed by atoms with Crippen molar-refractivity contribution in [3.05, 3.63) is 17.5 Å². The zero-order valence-electron chi connectivity index (χ0n) is 15.9. The molecule has 6 nitrogen and oxygen atoms in total. The molecule has 0 saturated carbocycles. The number of carbonyl (C=O) groups excluding carboxylic acids is 1. The summed E-state index contributed by atoms with van der Waals surface area (Å²) < 4.78 is 7.76. The lowest BCUT2D eigenvalue weighted by atomic mass is 10.1. The number of amides is 1. The Balaban J connectivity index is 1.66. The Morgan fingerprint density at radius 3 is 2.68 bits per heavy atom. The molecule has 2 aliphatic rings. The summed E-state index contributed by atoms with van der Waals surface area (Å²) >= 11 is 0. The second kappa shape index (κ2) is 8.32. The number of carbonyl (C=O) groups is 1. The number of aryl methyl sites for hydroxylation is 1. The lowest BCUT2D eigenvalue weighted by Gasteiger charge is -2.31. The van der Waals surface area contributed by atoms with E-state index in [-0.39, 0.29) is 12.0 Å². The number of likely N-dealkylation sites (tertiary alicyclic amines) is 1. The van der Waals surface area contributed by atoms with Gasteiger partial charge in [-0.2, -0.15) is 5.10 Å². The molecule has 1 amide bonds. The second-order valence-electron chi connectivity index (χ2n) is 7.69. The van der Waals surface area contributed by atoms with Gasteiger partial charge < -0.3 is 14.5 Å². The normalized spacial score (nSPS) is 23.0. The van der Waals surface area contributed by atoms with Crippen LogP contribution in [-0.2, 0) is 11.8 Å². The third-order valence-corrected chi connectivity index (χ3v) is 5.26. The molecule has 140 valence electrons. The first-order valence-electron chi connectivity index (χ1n) is 9.71. The number of rotatable bonds is 4. The summed E-state index contributed by atoms with van der Waals surface area (Å²) in [6, 6.07) is 1.94. The topological polar surface area (TPSA) is 50.6 Å². The van der Waals surface area contributed by atoms with Crippen molar-refractivity contribution >= 4 is 5.91 Å². The molecule has 1 aromatic heterocycles. The summed E-state index contributed by atoms with van der Waals surface area (Å²) in [5.41, 5.74) is 1.66. The van der Waals surface area contributed by atoms with Crippen molar-refractivity contribution in [3.8, 4) is 0 Å². The number of nitrogens with zero attached hydrogens (tertiary/aromatic N) is 4. The van der Waals surface area contributed by atoms with Gasteiger partial charge >= 0.3 is 0 Å². The van der Waals surface area contributed by atoms with Gasteiger partial charge in [0.25, 0.3) is 5.91 Å². The van der Waals surface area contributed by atoms with Crippen molar-refractivity contribution in [2.45, 2.75) is 51.6 Å². The van der Waals surface area contributed by atoms with Gasteiger partial charge in [0, 0.05) is 33.3 Å². The third kappa shape index (κ3) is 4.61. The predicted octanol–water partition coefficient (Wildman–Crippen LogP) is 2.26. The Hall–Kier alpha value is -1.40. The number of ether oxygens (including phenoxy) is 1. The van der Waals surface area contributed by atoms with Crippen LogP contribution in [-0.4, -0.2) is 70.9 Å². The van der Waals surface area contributed by atoms with Gasteiger partial charge in [0.05, 0.1) is 11.8 Å². The molecule has 0 aliphatic carbocycles. The molecule has 6 heteroatoms. The van der Waals surface area contributed by atoms with E-state index in [4.69, 9.17) is 4.74 Å². The van der Waals surface area contributed by atoms with E-state index >= 15 is 0 Å². The molecule has 0 spiro atoms. The average molecular weight is 348 g/mol. The fourth-order valence-corrected chi connectivity index (χ4v) is 3.75. The zero-order valence-corrected chi connectivity index (χ0v) is 15.9. The van der Waals surface area contributed by atoms with Gasteiger partial charge in [0.15, 0.2) is 0 Å². The van der Waals surface area contributed by atoms with Gasteiger partial charge in [-0.15, -0.1) is 0 Å². The molecule has 1 aromatic rings. The summed E-state index contributed by atoms with van der Waals surface area (Å²) in [7, 11) is 1.86. The number of piperidine rings is 1. The molecule has 1 atom stereocenters. The van der Waals surface area contributed by atoms with E-state index in [1.54, 1.807) is 4.68 Å². The van der Waals surface area contributed by atoms with E-state index in [9.17, 15) is 4.79 Å². The number of aromatic nitrogens is 2. The van der Waals surface area contributed by atoms with Crippen LogP contribution in [0, 0.1) is 0 Å². The molecular weight excluding hydrogens is 316 g/mol. The van der Waals surface area contributed by atoms with Crippen molar-refractivity contribution in [2.75, 3.05) is 39.3 Å². The Kier molecular flexibility index (Phi) is 6.12. The first kappa shape index (κ1) is 18.4. The van der Waals surface area contributed by atoms with Crippen molar-refractivity contribution < 1.29 is 9.53 Å². The van der Waals surface area contributed by atoms with Crippen molar-refractivity contribution in [3.63, 3.8) is 0 Å². The van der Waals surface area contributed by atoms with Crippen LogP contribution in [0.2, 0.25) is 0 Å². The van der Waals surface area contributed by atoms with E-state index in [1.165, 1.54) is 19.3 Å².